The van der Waals surface area contributed by atoms with Gasteiger partial charge in [-0.1, -0.05) is 85.6 Å². The maximum absolute atomic E-state index is 4.77. The Labute approximate surface area is 183 Å². The van der Waals surface area contributed by atoms with Gasteiger partial charge in [-0.15, -0.1) is 0 Å². The standard InChI is InChI=1S/C30H25N/c1-18-6-5-7-20(16-18)29-26-13-12-24-21(22(26)14-15-31-29)10-11-25-23-9-8-19(2)17-27(23)30(3,4)28(24)25/h5-17H,1-4H3. The first kappa shape index (κ1) is 18.3. The Kier molecular flexibility index (Phi) is 3.71. The van der Waals surface area contributed by atoms with Gasteiger partial charge in [-0.05, 0) is 64.4 Å². The average molecular weight is 400 g/mol. The second-order valence-electron chi connectivity index (χ2n) is 9.45. The molecule has 0 amide bonds. The lowest BCUT2D eigenvalue weighted by atomic mass is 9.79. The van der Waals surface area contributed by atoms with Crippen LogP contribution in [-0.4, -0.2) is 4.98 Å². The fraction of sp³-hybridized carbons (Fsp3) is 0.167. The highest BCUT2D eigenvalue weighted by Crippen LogP contribution is 2.52. The average Bonchev–Trinajstić information content (AvgIpc) is 2.99. The van der Waals surface area contributed by atoms with Gasteiger partial charge in [-0.3, -0.25) is 4.98 Å². The van der Waals surface area contributed by atoms with Crippen molar-refractivity contribution in [2.75, 3.05) is 0 Å². The highest BCUT2D eigenvalue weighted by molar-refractivity contribution is 6.14. The van der Waals surface area contributed by atoms with Crippen molar-refractivity contribution in [3.8, 4) is 22.4 Å². The van der Waals surface area contributed by atoms with Gasteiger partial charge < -0.3 is 0 Å². The Morgan fingerprint density at radius 3 is 2.19 bits per heavy atom. The van der Waals surface area contributed by atoms with E-state index in [-0.39, 0.29) is 5.41 Å². The number of fused-ring (bicyclic) bond motifs is 7. The number of hydrogen-bond donors (Lipinski definition) is 0. The summed E-state index contributed by atoms with van der Waals surface area (Å²) >= 11 is 0. The molecule has 1 aromatic heterocycles. The predicted octanol–water partition coefficient (Wildman–Crippen LogP) is 7.98. The van der Waals surface area contributed by atoms with Gasteiger partial charge in [0.1, 0.15) is 0 Å². The number of nitrogens with zero attached hydrogens (tertiary/aromatic N) is 1. The molecular formula is C30H25N. The van der Waals surface area contributed by atoms with Crippen molar-refractivity contribution in [3.63, 3.8) is 0 Å². The molecule has 1 aliphatic carbocycles. The minimum absolute atomic E-state index is 0.0176. The Morgan fingerprint density at radius 1 is 0.645 bits per heavy atom. The zero-order valence-electron chi connectivity index (χ0n) is 18.5. The third kappa shape index (κ3) is 2.53. The van der Waals surface area contributed by atoms with Gasteiger partial charge in [0.2, 0.25) is 0 Å². The zero-order chi connectivity index (χ0) is 21.3. The number of aryl methyl sites for hydroxylation is 2. The quantitative estimate of drug-likeness (QED) is 0.260. The number of hydrogen-bond acceptors (Lipinski definition) is 1. The number of benzene rings is 4. The van der Waals surface area contributed by atoms with Crippen LogP contribution in [0.1, 0.15) is 36.1 Å². The lowest BCUT2D eigenvalue weighted by Crippen LogP contribution is -2.15. The molecule has 0 radical (unpaired) electrons. The van der Waals surface area contributed by atoms with Gasteiger partial charge in [0.05, 0.1) is 5.69 Å². The third-order valence-corrected chi connectivity index (χ3v) is 7.00. The summed E-state index contributed by atoms with van der Waals surface area (Å²) in [6, 6.07) is 26.9. The van der Waals surface area contributed by atoms with Gasteiger partial charge in [-0.2, -0.15) is 0 Å². The van der Waals surface area contributed by atoms with Gasteiger partial charge in [0.25, 0.3) is 0 Å². The molecule has 1 aliphatic rings. The fourth-order valence-electron chi connectivity index (χ4n) is 5.54. The summed E-state index contributed by atoms with van der Waals surface area (Å²) < 4.78 is 0. The Morgan fingerprint density at radius 2 is 1.35 bits per heavy atom. The van der Waals surface area contributed by atoms with Crippen LogP contribution < -0.4 is 0 Å². The molecule has 4 aromatic carbocycles. The molecule has 0 saturated heterocycles. The van der Waals surface area contributed by atoms with E-state index >= 15 is 0 Å². The van der Waals surface area contributed by atoms with Gasteiger partial charge in [0.15, 0.2) is 0 Å². The molecule has 31 heavy (non-hydrogen) atoms. The molecule has 1 heteroatoms. The van der Waals surface area contributed by atoms with E-state index in [0.717, 1.165) is 5.69 Å². The summed E-state index contributed by atoms with van der Waals surface area (Å²) in [4.78, 5) is 4.77. The highest BCUT2D eigenvalue weighted by Gasteiger charge is 2.36. The number of rotatable bonds is 1. The molecule has 5 aromatic rings. The number of pyridine rings is 1. The molecule has 0 aliphatic heterocycles. The summed E-state index contributed by atoms with van der Waals surface area (Å²) in [5.74, 6) is 0. The van der Waals surface area contributed by atoms with Crippen LogP contribution in [0.15, 0.2) is 79.0 Å². The van der Waals surface area contributed by atoms with Crippen molar-refractivity contribution in [1.29, 1.82) is 0 Å². The summed E-state index contributed by atoms with van der Waals surface area (Å²) in [5.41, 5.74) is 10.4. The molecule has 0 N–H and O–H groups in total. The van der Waals surface area contributed by atoms with Gasteiger partial charge in [0, 0.05) is 22.6 Å². The Hall–Kier alpha value is -3.45. The minimum Gasteiger partial charge on any atom is -0.256 e. The lowest BCUT2D eigenvalue weighted by Gasteiger charge is -2.24. The van der Waals surface area contributed by atoms with Gasteiger partial charge >= 0.3 is 0 Å². The monoisotopic (exact) mass is 399 g/mol. The van der Waals surface area contributed by atoms with Crippen LogP contribution >= 0.6 is 0 Å². The van der Waals surface area contributed by atoms with Crippen LogP contribution in [0, 0.1) is 13.8 Å². The van der Waals surface area contributed by atoms with E-state index in [1.807, 2.05) is 6.20 Å². The molecule has 6 rings (SSSR count). The molecule has 0 atom stereocenters. The van der Waals surface area contributed by atoms with E-state index < -0.39 is 0 Å². The largest absolute Gasteiger partial charge is 0.256 e. The van der Waals surface area contributed by atoms with Crippen molar-refractivity contribution in [2.45, 2.75) is 33.1 Å². The molecule has 0 unspecified atom stereocenters. The first-order chi connectivity index (χ1) is 14.9. The first-order valence-electron chi connectivity index (χ1n) is 11.0. The van der Waals surface area contributed by atoms with Crippen LogP contribution in [0.25, 0.3) is 43.9 Å². The molecule has 1 heterocycles. The first-order valence-corrected chi connectivity index (χ1v) is 11.0. The normalized spacial score (nSPS) is 14.1. The van der Waals surface area contributed by atoms with Crippen molar-refractivity contribution in [3.05, 3.63) is 101 Å². The van der Waals surface area contributed by atoms with Gasteiger partial charge in [-0.25, -0.2) is 0 Å². The third-order valence-electron chi connectivity index (χ3n) is 7.00. The summed E-state index contributed by atoms with van der Waals surface area (Å²) in [7, 11) is 0. The maximum Gasteiger partial charge on any atom is 0.0780 e. The highest BCUT2D eigenvalue weighted by atomic mass is 14.7. The van der Waals surface area contributed by atoms with E-state index in [4.69, 9.17) is 4.98 Å². The fourth-order valence-corrected chi connectivity index (χ4v) is 5.54. The SMILES string of the molecule is Cc1cccc(-c2nccc3c2ccc2c4c(ccc23)-c2ccc(C)cc2C4(C)C)c1. The summed E-state index contributed by atoms with van der Waals surface area (Å²) in [6.07, 6.45) is 1.95. The van der Waals surface area contributed by atoms with Crippen molar-refractivity contribution in [2.24, 2.45) is 0 Å². The lowest BCUT2D eigenvalue weighted by molar-refractivity contribution is 0.665. The van der Waals surface area contributed by atoms with E-state index in [9.17, 15) is 0 Å². The second-order valence-corrected chi connectivity index (χ2v) is 9.45. The maximum atomic E-state index is 4.77. The predicted molar refractivity (Wildman–Crippen MR) is 132 cm³/mol. The smallest absolute Gasteiger partial charge is 0.0780 e. The topological polar surface area (TPSA) is 12.9 Å². The van der Waals surface area contributed by atoms with Crippen LogP contribution in [-0.2, 0) is 5.41 Å². The molecule has 0 bridgehead atoms. The van der Waals surface area contributed by atoms with Crippen LogP contribution in [0.3, 0.4) is 0 Å². The summed E-state index contributed by atoms with van der Waals surface area (Å²) in [5, 5.41) is 5.15. The van der Waals surface area contributed by atoms with E-state index in [1.54, 1.807) is 0 Å². The van der Waals surface area contributed by atoms with Crippen LogP contribution in [0.5, 0.6) is 0 Å². The molecular weight excluding hydrogens is 374 g/mol. The van der Waals surface area contributed by atoms with E-state index in [1.165, 1.54) is 60.5 Å². The minimum atomic E-state index is -0.0176. The number of aromatic nitrogens is 1. The molecule has 0 saturated carbocycles. The van der Waals surface area contributed by atoms with Crippen LogP contribution in [0.2, 0.25) is 0 Å². The van der Waals surface area contributed by atoms with E-state index in [0.29, 0.717) is 0 Å². The van der Waals surface area contributed by atoms with Crippen molar-refractivity contribution >= 4 is 21.5 Å². The molecule has 1 nitrogen and oxygen atoms in total. The van der Waals surface area contributed by atoms with Crippen molar-refractivity contribution in [1.82, 2.24) is 4.98 Å². The van der Waals surface area contributed by atoms with E-state index in [2.05, 4.69) is 100 Å². The Balaban J connectivity index is 1.67. The molecule has 150 valence electrons. The Bertz CT molecular complexity index is 1520. The summed E-state index contributed by atoms with van der Waals surface area (Å²) in [6.45, 7) is 9.05. The zero-order valence-corrected chi connectivity index (χ0v) is 18.5. The molecule has 0 spiro atoms. The van der Waals surface area contributed by atoms with Crippen LogP contribution in [0.4, 0.5) is 0 Å². The second kappa shape index (κ2) is 6.28. The van der Waals surface area contributed by atoms with Crippen molar-refractivity contribution < 1.29 is 0 Å². The molecule has 0 fully saturated rings.